The second-order valence-corrected chi connectivity index (χ2v) is 11.6. The molecule has 4 heterocycles. The Hall–Kier alpha value is -2.69. The Morgan fingerprint density at radius 1 is 1.39 bits per heavy atom. The van der Waals surface area contributed by atoms with Crippen molar-refractivity contribution in [3.8, 4) is 0 Å². The Morgan fingerprint density at radius 2 is 2.18 bits per heavy atom. The van der Waals surface area contributed by atoms with E-state index in [0.717, 1.165) is 20.7 Å². The fraction of sp³-hybridized carbons (Fsp3) is 0.353. The molecular weight excluding hydrogens is 510 g/mol. The zero-order chi connectivity index (χ0) is 23.7. The number of allylic oxidation sites excluding steroid dienone is 1. The lowest BCUT2D eigenvalue weighted by Crippen LogP contribution is -2.72. The molecule has 0 bridgehead atoms. The van der Waals surface area contributed by atoms with Crippen LogP contribution in [0.4, 0.5) is 5.13 Å². The van der Waals surface area contributed by atoms with Crippen LogP contribution in [-0.2, 0) is 14.4 Å². The lowest BCUT2D eigenvalue weighted by molar-refractivity contribution is -0.155. The predicted octanol–water partition coefficient (Wildman–Crippen LogP) is 1.33. The van der Waals surface area contributed by atoms with Gasteiger partial charge < -0.3 is 21.4 Å². The van der Waals surface area contributed by atoms with Crippen LogP contribution in [0.25, 0.3) is 0 Å². The number of fused-ring (bicyclic) bond motifs is 1. The molecule has 0 radical (unpaired) electrons. The van der Waals surface area contributed by atoms with Gasteiger partial charge in [-0.2, -0.15) is 0 Å². The first-order valence-electron chi connectivity index (χ1n) is 9.39. The molecule has 16 heteroatoms. The van der Waals surface area contributed by atoms with Gasteiger partial charge in [0.25, 0.3) is 11.8 Å². The van der Waals surface area contributed by atoms with Crippen molar-refractivity contribution in [3.63, 3.8) is 0 Å². The minimum atomic E-state index is -1.20. The predicted molar refractivity (Wildman–Crippen MR) is 124 cm³/mol. The summed E-state index contributed by atoms with van der Waals surface area (Å²) in [4.78, 5) is 43.0. The summed E-state index contributed by atoms with van der Waals surface area (Å²) in [6.45, 7) is 1.85. The van der Waals surface area contributed by atoms with E-state index in [2.05, 4.69) is 25.7 Å². The molecule has 0 aliphatic carbocycles. The Labute approximate surface area is 203 Å². The molecule has 1 fully saturated rings. The zero-order valence-corrected chi connectivity index (χ0v) is 20.2. The second-order valence-electron chi connectivity index (χ2n) is 6.86. The summed E-state index contributed by atoms with van der Waals surface area (Å²) < 4.78 is 0.789. The van der Waals surface area contributed by atoms with Crippen LogP contribution >= 0.6 is 46.2 Å². The Kier molecular flexibility index (Phi) is 6.87. The number of oxime groups is 1. The number of rotatable bonds is 8. The Balaban J connectivity index is 1.43. The van der Waals surface area contributed by atoms with Gasteiger partial charge in [0.05, 0.1) is 11.1 Å². The molecule has 2 amide bonds. The highest BCUT2D eigenvalue weighted by Crippen LogP contribution is 2.42. The summed E-state index contributed by atoms with van der Waals surface area (Å²) >= 11 is 5.33. The minimum Gasteiger partial charge on any atom is -0.477 e. The molecular formula is C17H17N7O5S4. The fourth-order valence-electron chi connectivity index (χ4n) is 3.48. The number of β-lactam (4-membered cyclic amide) rings is 1. The second kappa shape index (κ2) is 9.66. The molecule has 2 aliphatic heterocycles. The lowest BCUT2D eigenvalue weighted by Gasteiger charge is -2.50. The van der Waals surface area contributed by atoms with Gasteiger partial charge >= 0.3 is 5.97 Å². The van der Waals surface area contributed by atoms with Crippen LogP contribution in [-0.4, -0.2) is 71.1 Å². The number of aromatic nitrogens is 3. The third-order valence-corrected chi connectivity index (χ3v) is 8.81. The van der Waals surface area contributed by atoms with E-state index >= 15 is 0 Å². The van der Waals surface area contributed by atoms with Gasteiger partial charge in [0, 0.05) is 10.3 Å². The molecule has 12 nitrogen and oxygen atoms in total. The van der Waals surface area contributed by atoms with E-state index in [1.807, 2.05) is 6.92 Å². The largest absolute Gasteiger partial charge is 0.477 e. The molecule has 2 atom stereocenters. The number of nitrogens with two attached hydrogens (primary N) is 1. The van der Waals surface area contributed by atoms with Crippen LogP contribution in [0.15, 0.2) is 25.5 Å². The molecule has 0 aromatic carbocycles. The Morgan fingerprint density at radius 3 is 2.79 bits per heavy atom. The number of carbonyl (C=O) groups is 3. The van der Waals surface area contributed by atoms with Crippen molar-refractivity contribution in [1.82, 2.24) is 25.4 Å². The van der Waals surface area contributed by atoms with Crippen molar-refractivity contribution >= 4 is 74.8 Å². The van der Waals surface area contributed by atoms with Crippen molar-refractivity contribution < 1.29 is 24.7 Å². The molecule has 0 saturated carbocycles. The van der Waals surface area contributed by atoms with Gasteiger partial charge in [0.2, 0.25) is 0 Å². The maximum absolute atomic E-state index is 12.8. The molecule has 0 unspecified atom stereocenters. The van der Waals surface area contributed by atoms with E-state index in [0.29, 0.717) is 22.8 Å². The number of aryl methyl sites for hydroxylation is 1. The minimum absolute atomic E-state index is 0.0656. The highest BCUT2D eigenvalue weighted by Gasteiger charge is 2.53. The topological polar surface area (TPSA) is 184 Å². The van der Waals surface area contributed by atoms with Gasteiger partial charge in [-0.3, -0.25) is 14.5 Å². The normalized spacial score (nSPS) is 20.5. The molecule has 0 spiro atoms. The molecule has 33 heavy (non-hydrogen) atoms. The first kappa shape index (κ1) is 23.5. The summed E-state index contributed by atoms with van der Waals surface area (Å²) in [5.74, 6) is -2.54. The third kappa shape index (κ3) is 4.68. The highest BCUT2D eigenvalue weighted by atomic mass is 32.2. The maximum atomic E-state index is 12.8. The van der Waals surface area contributed by atoms with E-state index < -0.39 is 29.9 Å². The number of carboxylic acids is 1. The molecule has 1 saturated heterocycles. The van der Waals surface area contributed by atoms with Gasteiger partial charge in [0.1, 0.15) is 22.4 Å². The van der Waals surface area contributed by atoms with E-state index in [4.69, 9.17) is 5.73 Å². The number of carbonyl (C=O) groups excluding carboxylic acids is 2. The zero-order valence-electron chi connectivity index (χ0n) is 16.9. The third-order valence-electron chi connectivity index (χ3n) is 4.88. The van der Waals surface area contributed by atoms with Crippen molar-refractivity contribution in [1.29, 1.82) is 0 Å². The molecule has 2 aromatic heterocycles. The van der Waals surface area contributed by atoms with Crippen molar-refractivity contribution in [2.75, 3.05) is 10.8 Å². The number of hydrogen-bond donors (Lipinski definition) is 4. The van der Waals surface area contributed by atoms with Gasteiger partial charge in [-0.1, -0.05) is 28.3 Å². The van der Waals surface area contributed by atoms with Crippen LogP contribution in [0.1, 0.15) is 23.5 Å². The SMILES string of the molecule is Cc1nnc(SCSC2=C(C(=O)O)N3C(=O)[C@@H](NC(=O)/C(=N\O)c4csc(N)n4)[C@H]3CC2)s1. The van der Waals surface area contributed by atoms with E-state index in [1.165, 1.54) is 45.1 Å². The lowest BCUT2D eigenvalue weighted by atomic mass is 9.86. The number of thioether (sulfide) groups is 2. The van der Waals surface area contributed by atoms with Crippen LogP contribution in [0.2, 0.25) is 0 Å². The number of aliphatic carboxylic acids is 1. The summed E-state index contributed by atoms with van der Waals surface area (Å²) in [7, 11) is 0. The number of thiazole rings is 1. The standard InChI is InChI=1S/C17H17N7O5S4/c1-6-21-22-17(33-6)32-5-31-9-3-2-8-11(14(26)24(8)12(9)15(27)28)20-13(25)10(23-29)7-4-30-16(18)19-7/h4,8,11,29H,2-3,5H2,1H3,(H2,18,19)(H,20,25)(H,27,28)/b23-10-/t8-,11+/m1/s1. The average Bonchev–Trinajstić information content (AvgIpc) is 3.39. The quantitative estimate of drug-likeness (QED) is 0.0969. The van der Waals surface area contributed by atoms with Gasteiger partial charge in [-0.15, -0.1) is 33.3 Å². The van der Waals surface area contributed by atoms with Crippen molar-refractivity contribution in [2.45, 2.75) is 36.2 Å². The summed E-state index contributed by atoms with van der Waals surface area (Å²) in [5, 5.41) is 35.5. The molecule has 2 aromatic rings. The number of hydrogen-bond acceptors (Lipinski definition) is 13. The van der Waals surface area contributed by atoms with Crippen LogP contribution in [0.5, 0.6) is 0 Å². The number of nitrogen functional groups attached to an aromatic ring is 1. The first-order valence-corrected chi connectivity index (χ1v) is 13.1. The van der Waals surface area contributed by atoms with E-state index in [1.54, 1.807) is 0 Å². The number of amides is 2. The number of nitrogens with zero attached hydrogens (tertiary/aromatic N) is 5. The molecule has 174 valence electrons. The molecule has 4 rings (SSSR count). The smallest absolute Gasteiger partial charge is 0.353 e. The van der Waals surface area contributed by atoms with Gasteiger partial charge in [0.15, 0.2) is 15.2 Å². The summed E-state index contributed by atoms with van der Waals surface area (Å²) in [6.07, 6.45) is 0.931. The fourth-order valence-corrected chi connectivity index (χ4v) is 7.36. The Bertz CT molecular complexity index is 1180. The van der Waals surface area contributed by atoms with Gasteiger partial charge in [-0.05, 0) is 19.8 Å². The summed E-state index contributed by atoms with van der Waals surface area (Å²) in [5.41, 5.74) is 5.19. The average molecular weight is 528 g/mol. The number of nitrogens with one attached hydrogen (secondary N) is 1. The molecule has 5 N–H and O–H groups in total. The van der Waals surface area contributed by atoms with Crippen molar-refractivity contribution in [2.24, 2.45) is 5.16 Å². The summed E-state index contributed by atoms with van der Waals surface area (Å²) in [6, 6.07) is -1.43. The first-order chi connectivity index (χ1) is 15.8. The maximum Gasteiger partial charge on any atom is 0.353 e. The van der Waals surface area contributed by atoms with E-state index in [9.17, 15) is 24.7 Å². The van der Waals surface area contributed by atoms with Crippen molar-refractivity contribution in [3.05, 3.63) is 26.7 Å². The monoisotopic (exact) mass is 527 g/mol. The highest BCUT2D eigenvalue weighted by molar-refractivity contribution is 8.18. The van der Waals surface area contributed by atoms with Crippen LogP contribution < -0.4 is 11.1 Å². The molecule has 2 aliphatic rings. The number of anilines is 1. The van der Waals surface area contributed by atoms with E-state index in [-0.39, 0.29) is 22.2 Å². The van der Waals surface area contributed by atoms with Crippen LogP contribution in [0.3, 0.4) is 0 Å². The van der Waals surface area contributed by atoms with Gasteiger partial charge in [-0.25, -0.2) is 9.78 Å². The number of carboxylic acid groups (broad SMARTS) is 1. The van der Waals surface area contributed by atoms with Crippen LogP contribution in [0, 0.1) is 6.92 Å².